The Morgan fingerprint density at radius 2 is 1.89 bits per heavy atom. The lowest BCUT2D eigenvalue weighted by atomic mass is 10.2. The summed E-state index contributed by atoms with van der Waals surface area (Å²) >= 11 is 3.45. The van der Waals surface area contributed by atoms with Crippen molar-refractivity contribution in [2.24, 2.45) is 0 Å². The number of benzene rings is 2. The summed E-state index contributed by atoms with van der Waals surface area (Å²) in [6.07, 6.45) is -0.226. The van der Waals surface area contributed by atoms with Crippen molar-refractivity contribution in [3.8, 4) is 5.75 Å². The topological polar surface area (TPSA) is 33.3 Å². The van der Waals surface area contributed by atoms with E-state index in [2.05, 4.69) is 26.6 Å². The summed E-state index contributed by atoms with van der Waals surface area (Å²) in [5.41, 5.74) is 3.28. The highest BCUT2D eigenvalue weighted by molar-refractivity contribution is 9.10. The van der Waals surface area contributed by atoms with E-state index in [1.807, 2.05) is 49.4 Å². The number of ether oxygens (including phenoxy) is 1. The fourth-order valence-electron chi connectivity index (χ4n) is 1.96. The fraction of sp³-hybridized carbons (Fsp3) is 0.143. The predicted octanol–water partition coefficient (Wildman–Crippen LogP) is 3.96. The molecule has 0 saturated heterocycles. The molecule has 0 spiro atoms. The van der Waals surface area contributed by atoms with Crippen LogP contribution in [0, 0.1) is 6.92 Å². The zero-order valence-corrected chi connectivity index (χ0v) is 11.5. The predicted molar refractivity (Wildman–Crippen MR) is 77.0 cm³/mol. The molecule has 2 N–H and O–H groups in total. The second-order valence-corrected chi connectivity index (χ2v) is 5.21. The summed E-state index contributed by atoms with van der Waals surface area (Å²) < 4.78 is 6.89. The molecule has 0 radical (unpaired) electrons. The summed E-state index contributed by atoms with van der Waals surface area (Å²) in [6, 6.07) is 14.1. The Morgan fingerprint density at radius 1 is 1.06 bits per heavy atom. The van der Waals surface area contributed by atoms with Crippen molar-refractivity contribution in [2.75, 3.05) is 10.6 Å². The Labute approximate surface area is 114 Å². The molecule has 0 unspecified atom stereocenters. The van der Waals surface area contributed by atoms with Gasteiger partial charge in [0.1, 0.15) is 5.75 Å². The Morgan fingerprint density at radius 3 is 2.72 bits per heavy atom. The summed E-state index contributed by atoms with van der Waals surface area (Å²) in [5, 5.41) is 6.56. The van der Waals surface area contributed by atoms with Gasteiger partial charge >= 0.3 is 0 Å². The molecule has 2 aromatic carbocycles. The molecule has 0 bridgehead atoms. The average Bonchev–Trinajstić information content (AvgIpc) is 2.70. The van der Waals surface area contributed by atoms with Gasteiger partial charge in [0.2, 0.25) is 6.35 Å². The van der Waals surface area contributed by atoms with Gasteiger partial charge in [-0.1, -0.05) is 28.1 Å². The van der Waals surface area contributed by atoms with Crippen LogP contribution < -0.4 is 15.4 Å². The molecular weight excluding hydrogens is 292 g/mol. The minimum atomic E-state index is -0.226. The van der Waals surface area contributed by atoms with Crippen LogP contribution in [0.4, 0.5) is 11.4 Å². The number of aryl methyl sites for hydroxylation is 1. The van der Waals surface area contributed by atoms with Gasteiger partial charge in [0.25, 0.3) is 0 Å². The first-order valence-corrected chi connectivity index (χ1v) is 6.56. The van der Waals surface area contributed by atoms with Crippen LogP contribution in [0.1, 0.15) is 5.56 Å². The van der Waals surface area contributed by atoms with E-state index in [-0.39, 0.29) is 6.35 Å². The fourth-order valence-corrected chi connectivity index (χ4v) is 2.33. The van der Waals surface area contributed by atoms with Crippen LogP contribution in [0.15, 0.2) is 46.9 Å². The number of rotatable bonds is 2. The lowest BCUT2D eigenvalue weighted by Gasteiger charge is -2.15. The van der Waals surface area contributed by atoms with Gasteiger partial charge in [-0.15, -0.1) is 0 Å². The van der Waals surface area contributed by atoms with Crippen molar-refractivity contribution >= 4 is 27.3 Å². The van der Waals surface area contributed by atoms with Gasteiger partial charge in [0, 0.05) is 4.47 Å². The first-order valence-electron chi connectivity index (χ1n) is 5.77. The molecular formula is C14H13BrN2O. The van der Waals surface area contributed by atoms with Crippen molar-refractivity contribution in [3.05, 3.63) is 52.5 Å². The third kappa shape index (κ3) is 2.29. The molecule has 0 aromatic heterocycles. The van der Waals surface area contributed by atoms with Crippen LogP contribution >= 0.6 is 15.9 Å². The van der Waals surface area contributed by atoms with Gasteiger partial charge in [-0.25, -0.2) is 0 Å². The van der Waals surface area contributed by atoms with E-state index >= 15 is 0 Å². The second-order valence-electron chi connectivity index (χ2n) is 4.29. The average molecular weight is 305 g/mol. The molecule has 0 saturated carbocycles. The van der Waals surface area contributed by atoms with Gasteiger partial charge in [-0.3, -0.25) is 0 Å². The number of hydrogen-bond acceptors (Lipinski definition) is 3. The van der Waals surface area contributed by atoms with E-state index in [4.69, 9.17) is 4.74 Å². The minimum Gasteiger partial charge on any atom is -0.453 e. The molecule has 0 amide bonds. The Kier molecular flexibility index (Phi) is 2.88. The number of halogens is 1. The zero-order valence-electron chi connectivity index (χ0n) is 9.91. The van der Waals surface area contributed by atoms with E-state index in [0.29, 0.717) is 0 Å². The molecule has 3 nitrogen and oxygen atoms in total. The maximum absolute atomic E-state index is 5.84. The standard InChI is InChI=1S/C14H13BrN2O/c1-9-3-2-4-11(7-9)18-14-16-12-6-5-10(15)8-13(12)17-14/h2-8,14,16-17H,1H3/t14-/m0/s1. The molecule has 0 fully saturated rings. The van der Waals surface area contributed by atoms with Gasteiger partial charge < -0.3 is 15.4 Å². The van der Waals surface area contributed by atoms with E-state index in [1.54, 1.807) is 0 Å². The molecule has 2 aromatic rings. The molecule has 1 aliphatic rings. The maximum atomic E-state index is 5.84. The molecule has 92 valence electrons. The van der Waals surface area contributed by atoms with E-state index in [0.717, 1.165) is 21.6 Å². The monoisotopic (exact) mass is 304 g/mol. The van der Waals surface area contributed by atoms with Crippen LogP contribution in [0.25, 0.3) is 0 Å². The Balaban J connectivity index is 1.74. The third-order valence-corrected chi connectivity index (χ3v) is 3.29. The Bertz CT molecular complexity index is 586. The normalized spacial score (nSPS) is 16.7. The summed E-state index contributed by atoms with van der Waals surface area (Å²) in [7, 11) is 0. The maximum Gasteiger partial charge on any atom is 0.248 e. The second kappa shape index (κ2) is 4.53. The van der Waals surface area contributed by atoms with Crippen LogP contribution in [-0.2, 0) is 0 Å². The quantitative estimate of drug-likeness (QED) is 0.881. The van der Waals surface area contributed by atoms with Gasteiger partial charge in [-0.2, -0.15) is 0 Å². The minimum absolute atomic E-state index is 0.226. The SMILES string of the molecule is Cc1cccc(O[C@H]2Nc3ccc(Br)cc3N2)c1. The van der Waals surface area contributed by atoms with Crippen molar-refractivity contribution in [1.82, 2.24) is 0 Å². The van der Waals surface area contributed by atoms with Gasteiger partial charge in [0.05, 0.1) is 11.4 Å². The Hall–Kier alpha value is -1.68. The highest BCUT2D eigenvalue weighted by atomic mass is 79.9. The molecule has 1 heterocycles. The van der Waals surface area contributed by atoms with Crippen LogP contribution in [0.5, 0.6) is 5.75 Å². The van der Waals surface area contributed by atoms with E-state index in [9.17, 15) is 0 Å². The van der Waals surface area contributed by atoms with Crippen LogP contribution in [0.3, 0.4) is 0 Å². The lowest BCUT2D eigenvalue weighted by Crippen LogP contribution is -2.28. The summed E-state index contributed by atoms with van der Waals surface area (Å²) in [5.74, 6) is 0.854. The number of fused-ring (bicyclic) bond motifs is 1. The zero-order chi connectivity index (χ0) is 12.5. The first-order chi connectivity index (χ1) is 8.70. The van der Waals surface area contributed by atoms with Crippen LogP contribution in [0.2, 0.25) is 0 Å². The molecule has 3 rings (SSSR count). The number of nitrogens with one attached hydrogen (secondary N) is 2. The molecule has 18 heavy (non-hydrogen) atoms. The van der Waals surface area contributed by atoms with Crippen LogP contribution in [-0.4, -0.2) is 6.35 Å². The van der Waals surface area contributed by atoms with Gasteiger partial charge in [0.15, 0.2) is 0 Å². The van der Waals surface area contributed by atoms with Crippen molar-refractivity contribution < 1.29 is 4.74 Å². The molecule has 1 atom stereocenters. The third-order valence-electron chi connectivity index (χ3n) is 2.80. The number of hydrogen-bond donors (Lipinski definition) is 2. The smallest absolute Gasteiger partial charge is 0.248 e. The highest BCUT2D eigenvalue weighted by Crippen LogP contribution is 2.32. The van der Waals surface area contributed by atoms with E-state index in [1.165, 1.54) is 5.56 Å². The van der Waals surface area contributed by atoms with Crippen molar-refractivity contribution in [3.63, 3.8) is 0 Å². The van der Waals surface area contributed by atoms with Crippen molar-refractivity contribution in [2.45, 2.75) is 13.3 Å². The largest absolute Gasteiger partial charge is 0.453 e. The van der Waals surface area contributed by atoms with Crippen molar-refractivity contribution in [1.29, 1.82) is 0 Å². The highest BCUT2D eigenvalue weighted by Gasteiger charge is 2.20. The molecule has 4 heteroatoms. The van der Waals surface area contributed by atoms with Gasteiger partial charge in [-0.05, 0) is 42.8 Å². The van der Waals surface area contributed by atoms with E-state index < -0.39 is 0 Å². The number of anilines is 2. The molecule has 0 aliphatic carbocycles. The lowest BCUT2D eigenvalue weighted by molar-refractivity contribution is 0.264. The molecule has 1 aliphatic heterocycles. The summed E-state index contributed by atoms with van der Waals surface area (Å²) in [4.78, 5) is 0. The first kappa shape index (κ1) is 11.4. The summed E-state index contributed by atoms with van der Waals surface area (Å²) in [6.45, 7) is 2.05.